The molecule has 9 heteroatoms. The van der Waals surface area contributed by atoms with E-state index in [4.69, 9.17) is 4.42 Å². The first-order valence-electron chi connectivity index (χ1n) is 7.03. The van der Waals surface area contributed by atoms with Crippen LogP contribution in [0, 0.1) is 0 Å². The lowest BCUT2D eigenvalue weighted by Crippen LogP contribution is -2.36. The molecule has 0 aliphatic heterocycles. The summed E-state index contributed by atoms with van der Waals surface area (Å²) in [4.78, 5) is 23.6. The molecule has 0 unspecified atom stereocenters. The number of benzene rings is 1. The molecule has 0 saturated heterocycles. The largest absolute Gasteiger partial charge is 0.467 e. The van der Waals surface area contributed by atoms with Crippen molar-refractivity contribution in [3.8, 4) is 0 Å². The van der Waals surface area contributed by atoms with Crippen LogP contribution < -0.4 is 15.4 Å². The van der Waals surface area contributed by atoms with E-state index in [-0.39, 0.29) is 29.5 Å². The van der Waals surface area contributed by atoms with Gasteiger partial charge in [-0.3, -0.25) is 9.59 Å². The van der Waals surface area contributed by atoms with Gasteiger partial charge in [-0.05, 0) is 43.4 Å². The lowest BCUT2D eigenvalue weighted by molar-refractivity contribution is -0.120. The summed E-state index contributed by atoms with van der Waals surface area (Å²) in [5, 5.41) is 5.05. The first-order chi connectivity index (χ1) is 11.4. The molecule has 0 atom stereocenters. The maximum absolute atomic E-state index is 11.9. The number of rotatable bonds is 7. The fourth-order valence-corrected chi connectivity index (χ4v) is 2.56. The van der Waals surface area contributed by atoms with Crippen LogP contribution in [0.2, 0.25) is 0 Å². The molecular weight excluding hydrogens is 334 g/mol. The molecule has 2 aromatic rings. The zero-order valence-corrected chi connectivity index (χ0v) is 13.7. The van der Waals surface area contributed by atoms with Crippen molar-refractivity contribution in [2.75, 3.05) is 13.6 Å². The summed E-state index contributed by atoms with van der Waals surface area (Å²) in [6, 6.07) is 8.82. The van der Waals surface area contributed by atoms with Crippen LogP contribution in [0.3, 0.4) is 0 Å². The van der Waals surface area contributed by atoms with Gasteiger partial charge in [0.05, 0.1) is 24.2 Å². The monoisotopic (exact) mass is 351 g/mol. The third-order valence-corrected chi connectivity index (χ3v) is 4.58. The molecular formula is C15H17N3O5S. The molecule has 0 fully saturated rings. The number of amides is 2. The van der Waals surface area contributed by atoms with Crippen LogP contribution in [0.5, 0.6) is 0 Å². The second-order valence-electron chi connectivity index (χ2n) is 4.77. The Labute approximate surface area is 139 Å². The molecule has 0 aliphatic carbocycles. The van der Waals surface area contributed by atoms with E-state index in [0.717, 1.165) is 0 Å². The Morgan fingerprint density at radius 1 is 1.08 bits per heavy atom. The third kappa shape index (κ3) is 4.67. The van der Waals surface area contributed by atoms with E-state index in [1.807, 2.05) is 0 Å². The lowest BCUT2D eigenvalue weighted by atomic mass is 10.2. The molecule has 0 radical (unpaired) electrons. The minimum absolute atomic E-state index is 0.0535. The zero-order valence-electron chi connectivity index (χ0n) is 12.9. The lowest BCUT2D eigenvalue weighted by Gasteiger charge is -2.07. The topological polar surface area (TPSA) is 118 Å². The first kappa shape index (κ1) is 17.7. The van der Waals surface area contributed by atoms with Crippen LogP contribution in [-0.2, 0) is 21.4 Å². The van der Waals surface area contributed by atoms with Crippen molar-refractivity contribution < 1.29 is 22.4 Å². The van der Waals surface area contributed by atoms with Crippen LogP contribution in [-0.4, -0.2) is 33.8 Å². The molecule has 0 bridgehead atoms. The van der Waals surface area contributed by atoms with Gasteiger partial charge in [-0.15, -0.1) is 0 Å². The summed E-state index contributed by atoms with van der Waals surface area (Å²) in [7, 11) is -2.25. The van der Waals surface area contributed by atoms with Gasteiger partial charge in [0.2, 0.25) is 15.9 Å². The number of carbonyl (C=O) groups excluding carboxylic acids is 2. The average molecular weight is 351 g/mol. The molecule has 1 aromatic carbocycles. The van der Waals surface area contributed by atoms with Gasteiger partial charge in [0, 0.05) is 5.56 Å². The fourth-order valence-electron chi connectivity index (χ4n) is 1.83. The Morgan fingerprint density at radius 2 is 1.79 bits per heavy atom. The summed E-state index contributed by atoms with van der Waals surface area (Å²) in [6.07, 6.45) is 1.50. The maximum atomic E-state index is 11.9. The highest BCUT2D eigenvalue weighted by Gasteiger charge is 2.13. The Kier molecular flexibility index (Phi) is 5.72. The minimum atomic E-state index is -3.55. The number of furan rings is 1. The van der Waals surface area contributed by atoms with Gasteiger partial charge in [-0.1, -0.05) is 0 Å². The molecule has 0 saturated carbocycles. The number of sulfonamides is 1. The maximum Gasteiger partial charge on any atom is 0.251 e. The second kappa shape index (κ2) is 7.75. The molecule has 1 aromatic heterocycles. The molecule has 128 valence electrons. The molecule has 3 N–H and O–H groups in total. The van der Waals surface area contributed by atoms with Crippen molar-refractivity contribution in [1.82, 2.24) is 15.4 Å². The van der Waals surface area contributed by atoms with Gasteiger partial charge in [0.1, 0.15) is 5.76 Å². The van der Waals surface area contributed by atoms with Crippen molar-refractivity contribution >= 4 is 21.8 Å². The predicted octanol–water partition coefficient (Wildman–Crippen LogP) is 0.234. The smallest absolute Gasteiger partial charge is 0.251 e. The van der Waals surface area contributed by atoms with Gasteiger partial charge >= 0.3 is 0 Å². The third-order valence-electron chi connectivity index (χ3n) is 3.14. The number of nitrogens with one attached hydrogen (secondary N) is 3. The van der Waals surface area contributed by atoms with Crippen LogP contribution in [0.25, 0.3) is 0 Å². The molecule has 2 rings (SSSR count). The Hall–Kier alpha value is -2.65. The fraction of sp³-hybridized carbons (Fsp3) is 0.200. The predicted molar refractivity (Wildman–Crippen MR) is 85.6 cm³/mol. The standard InChI is InChI=1S/C15H17N3O5S/c1-16-24(21,22)13-6-4-11(5-7-13)15(20)18-10-14(19)17-9-12-3-2-8-23-12/h2-8,16H,9-10H2,1H3,(H,17,19)(H,18,20). The van der Waals surface area contributed by atoms with Gasteiger partial charge in [-0.2, -0.15) is 0 Å². The van der Waals surface area contributed by atoms with Crippen LogP contribution in [0.1, 0.15) is 16.1 Å². The SMILES string of the molecule is CNS(=O)(=O)c1ccc(C(=O)NCC(=O)NCc2ccco2)cc1. The molecule has 1 heterocycles. The summed E-state index contributed by atoms with van der Waals surface area (Å²) in [6.45, 7) is 0.0361. The van der Waals surface area contributed by atoms with Gasteiger partial charge in [-0.25, -0.2) is 13.1 Å². The molecule has 24 heavy (non-hydrogen) atoms. The Bertz CT molecular complexity index is 798. The van der Waals surface area contributed by atoms with Gasteiger partial charge in [0.15, 0.2) is 0 Å². The van der Waals surface area contributed by atoms with Gasteiger partial charge in [0.25, 0.3) is 5.91 Å². The quantitative estimate of drug-likeness (QED) is 0.660. The van der Waals surface area contributed by atoms with Crippen molar-refractivity contribution in [3.63, 3.8) is 0 Å². The summed E-state index contributed by atoms with van der Waals surface area (Å²) >= 11 is 0. The molecule has 2 amide bonds. The van der Waals surface area contributed by atoms with Crippen molar-refractivity contribution in [2.45, 2.75) is 11.4 Å². The highest BCUT2D eigenvalue weighted by Crippen LogP contribution is 2.10. The van der Waals surface area contributed by atoms with Crippen LogP contribution in [0.4, 0.5) is 0 Å². The van der Waals surface area contributed by atoms with E-state index in [9.17, 15) is 18.0 Å². The summed E-state index contributed by atoms with van der Waals surface area (Å²) < 4.78 is 30.4. The molecule has 0 spiro atoms. The highest BCUT2D eigenvalue weighted by atomic mass is 32.2. The highest BCUT2D eigenvalue weighted by molar-refractivity contribution is 7.89. The number of carbonyl (C=O) groups is 2. The van der Waals surface area contributed by atoms with Crippen LogP contribution in [0.15, 0.2) is 52.0 Å². The van der Waals surface area contributed by atoms with E-state index in [2.05, 4.69) is 15.4 Å². The Balaban J connectivity index is 1.85. The second-order valence-corrected chi connectivity index (χ2v) is 6.66. The molecule has 0 aliphatic rings. The van der Waals surface area contributed by atoms with E-state index in [1.54, 1.807) is 12.1 Å². The minimum Gasteiger partial charge on any atom is -0.467 e. The van der Waals surface area contributed by atoms with Gasteiger partial charge < -0.3 is 15.1 Å². The van der Waals surface area contributed by atoms with E-state index < -0.39 is 15.9 Å². The summed E-state index contributed by atoms with van der Waals surface area (Å²) in [5.74, 6) is -0.235. The van der Waals surface area contributed by atoms with E-state index in [1.165, 1.54) is 37.6 Å². The summed E-state index contributed by atoms with van der Waals surface area (Å²) in [5.41, 5.74) is 0.254. The number of hydrogen-bond donors (Lipinski definition) is 3. The Morgan fingerprint density at radius 3 is 2.38 bits per heavy atom. The first-order valence-corrected chi connectivity index (χ1v) is 8.51. The molecule has 8 nitrogen and oxygen atoms in total. The van der Waals surface area contributed by atoms with Crippen LogP contribution >= 0.6 is 0 Å². The van der Waals surface area contributed by atoms with Crippen molar-refractivity contribution in [1.29, 1.82) is 0 Å². The van der Waals surface area contributed by atoms with Crippen molar-refractivity contribution in [3.05, 3.63) is 54.0 Å². The number of hydrogen-bond acceptors (Lipinski definition) is 5. The van der Waals surface area contributed by atoms with E-state index >= 15 is 0 Å². The van der Waals surface area contributed by atoms with Crippen molar-refractivity contribution in [2.24, 2.45) is 0 Å². The zero-order chi connectivity index (χ0) is 17.6. The normalized spacial score (nSPS) is 11.0. The average Bonchev–Trinajstić information content (AvgIpc) is 3.11. The van der Waals surface area contributed by atoms with E-state index in [0.29, 0.717) is 5.76 Å².